The van der Waals surface area contributed by atoms with Crippen LogP contribution in [-0.4, -0.2) is 54.1 Å². The van der Waals surface area contributed by atoms with Gasteiger partial charge in [0.1, 0.15) is 0 Å². The number of hydrogen-bond donors (Lipinski definition) is 0. The van der Waals surface area contributed by atoms with Gasteiger partial charge in [-0.1, -0.05) is 6.92 Å². The van der Waals surface area contributed by atoms with Crippen LogP contribution in [0.15, 0.2) is 47.6 Å². The highest BCUT2D eigenvalue weighted by Crippen LogP contribution is 2.36. The molecule has 1 saturated heterocycles. The lowest BCUT2D eigenvalue weighted by atomic mass is 9.91. The minimum Gasteiger partial charge on any atom is -0.327 e. The summed E-state index contributed by atoms with van der Waals surface area (Å²) < 4.78 is 100. The van der Waals surface area contributed by atoms with Gasteiger partial charge in [-0.05, 0) is 48.4 Å². The summed E-state index contributed by atoms with van der Waals surface area (Å²) >= 11 is 0. The second-order valence-corrected chi connectivity index (χ2v) is 9.51. The molecule has 0 saturated carbocycles. The number of pyridine rings is 1. The number of carbonyl (C=O) groups excluding carboxylic acids is 3. The first kappa shape index (κ1) is 26.9. The number of anilines is 1. The first-order valence-corrected chi connectivity index (χ1v) is 11.2. The fourth-order valence-electron chi connectivity index (χ4n) is 3.51. The smallest absolute Gasteiger partial charge is 0.327 e. The molecule has 1 aliphatic heterocycles. The Bertz CT molecular complexity index is 1310. The number of carbonyl (C=O) groups is 3. The van der Waals surface area contributed by atoms with Crippen LogP contribution in [0.25, 0.3) is 0 Å². The van der Waals surface area contributed by atoms with E-state index in [1.807, 2.05) is 0 Å². The molecule has 0 bridgehead atoms. The Kier molecular flexibility index (Phi) is 6.78. The third kappa shape index (κ3) is 4.72. The number of aryl methyl sites for hydroxylation is 1. The van der Waals surface area contributed by atoms with Gasteiger partial charge in [0.25, 0.3) is 15.7 Å². The van der Waals surface area contributed by atoms with Gasteiger partial charge in [0.15, 0.2) is 6.04 Å². The van der Waals surface area contributed by atoms with E-state index >= 15 is 0 Å². The fourth-order valence-corrected chi connectivity index (χ4v) is 4.27. The monoisotopic (exact) mass is 539 g/mol. The van der Waals surface area contributed by atoms with Gasteiger partial charge in [-0.2, -0.15) is 26.3 Å². The molecule has 194 valence electrons. The first-order chi connectivity index (χ1) is 16.5. The van der Waals surface area contributed by atoms with Crippen molar-refractivity contribution < 1.29 is 54.0 Å². The number of imide groups is 1. The van der Waals surface area contributed by atoms with Gasteiger partial charge < -0.3 is 4.84 Å². The van der Waals surface area contributed by atoms with Crippen molar-refractivity contribution in [3.8, 4) is 0 Å². The summed E-state index contributed by atoms with van der Waals surface area (Å²) in [7, 11) is -5.75. The molecule has 0 N–H and O–H groups in total. The minimum absolute atomic E-state index is 0.0664. The molecule has 1 aromatic carbocycles. The lowest BCUT2D eigenvalue weighted by molar-refractivity contribution is -0.231. The van der Waals surface area contributed by atoms with Gasteiger partial charge in [0.05, 0.1) is 10.6 Å². The van der Waals surface area contributed by atoms with Crippen LogP contribution < -0.4 is 4.90 Å². The summed E-state index contributed by atoms with van der Waals surface area (Å²) in [6, 6.07) is 0.381. The van der Waals surface area contributed by atoms with E-state index in [9.17, 15) is 49.1 Å². The maximum Gasteiger partial charge on any atom is 0.501 e. The van der Waals surface area contributed by atoms with Gasteiger partial charge in [-0.15, -0.1) is 5.06 Å². The molecule has 36 heavy (non-hydrogen) atoms. The Hall–Kier alpha value is -3.69. The predicted octanol–water partition coefficient (Wildman–Crippen LogP) is 3.64. The number of urea groups is 1. The lowest BCUT2D eigenvalue weighted by Gasteiger charge is -2.26. The SMILES string of the molecule is Cc1cnccc1C(C)[C@H]1C(=O)N(c2ccc(S(=O)(=O)C(F)(F)F)cc2)C(=O)N1OC(=O)C(F)(F)F. The van der Waals surface area contributed by atoms with E-state index in [0.29, 0.717) is 35.4 Å². The Morgan fingerprint density at radius 1 is 1.06 bits per heavy atom. The van der Waals surface area contributed by atoms with Crippen LogP contribution in [-0.2, 0) is 24.3 Å². The Balaban J connectivity index is 2.05. The van der Waals surface area contributed by atoms with E-state index in [-0.39, 0.29) is 9.96 Å². The van der Waals surface area contributed by atoms with Crippen LogP contribution in [0.5, 0.6) is 0 Å². The molecule has 2 heterocycles. The fraction of sp³-hybridized carbons (Fsp3) is 0.300. The second kappa shape index (κ2) is 9.07. The van der Waals surface area contributed by atoms with Crippen LogP contribution in [0.2, 0.25) is 0 Å². The van der Waals surface area contributed by atoms with E-state index in [2.05, 4.69) is 9.82 Å². The average molecular weight is 539 g/mol. The molecule has 2 atom stereocenters. The van der Waals surface area contributed by atoms with Crippen LogP contribution in [0.4, 0.5) is 36.8 Å². The van der Waals surface area contributed by atoms with Crippen molar-refractivity contribution in [3.63, 3.8) is 0 Å². The van der Waals surface area contributed by atoms with Gasteiger partial charge in [0.2, 0.25) is 0 Å². The number of nitrogens with zero attached hydrogens (tertiary/aromatic N) is 3. The summed E-state index contributed by atoms with van der Waals surface area (Å²) in [6.45, 7) is 2.94. The van der Waals surface area contributed by atoms with Crippen molar-refractivity contribution in [1.29, 1.82) is 0 Å². The van der Waals surface area contributed by atoms with Crippen LogP contribution in [0.1, 0.15) is 24.0 Å². The molecule has 16 heteroatoms. The lowest BCUT2D eigenvalue weighted by Crippen LogP contribution is -2.43. The van der Waals surface area contributed by atoms with Crippen molar-refractivity contribution in [2.24, 2.45) is 0 Å². The molecule has 1 aromatic heterocycles. The van der Waals surface area contributed by atoms with Gasteiger partial charge in [-0.3, -0.25) is 9.78 Å². The highest BCUT2D eigenvalue weighted by molar-refractivity contribution is 7.92. The molecule has 1 unspecified atom stereocenters. The number of aromatic nitrogens is 1. The zero-order chi connectivity index (χ0) is 27.2. The van der Waals surface area contributed by atoms with Crippen molar-refractivity contribution in [2.75, 3.05) is 4.90 Å². The maximum atomic E-state index is 13.2. The molecule has 2 aromatic rings. The standard InChI is InChI=1S/C20H15F6N3O6S/c1-10-9-27-8-7-14(10)11(2)15-16(30)28(18(32)29(15)35-17(31)19(21,22)23)12-3-5-13(6-4-12)36(33,34)20(24,25)26/h3-9,11,15H,1-2H3/t11?,15-/m0/s1. The number of hydrogen-bond acceptors (Lipinski definition) is 7. The third-order valence-corrected chi connectivity index (χ3v) is 6.76. The van der Waals surface area contributed by atoms with Crippen molar-refractivity contribution >= 4 is 33.4 Å². The van der Waals surface area contributed by atoms with Crippen LogP contribution >= 0.6 is 0 Å². The summed E-state index contributed by atoms with van der Waals surface area (Å²) in [6.07, 6.45) is -2.81. The highest BCUT2D eigenvalue weighted by atomic mass is 32.2. The zero-order valence-electron chi connectivity index (χ0n) is 18.2. The molecule has 1 fully saturated rings. The summed E-state index contributed by atoms with van der Waals surface area (Å²) in [4.78, 5) is 44.8. The van der Waals surface area contributed by atoms with Gasteiger partial charge in [0, 0.05) is 18.3 Å². The summed E-state index contributed by atoms with van der Waals surface area (Å²) in [5.74, 6) is -5.01. The van der Waals surface area contributed by atoms with Crippen molar-refractivity contribution in [2.45, 2.75) is 42.4 Å². The Morgan fingerprint density at radius 2 is 1.64 bits per heavy atom. The van der Waals surface area contributed by atoms with E-state index < -0.39 is 62.0 Å². The Labute approximate surface area is 199 Å². The van der Waals surface area contributed by atoms with Crippen LogP contribution in [0.3, 0.4) is 0 Å². The van der Waals surface area contributed by atoms with Crippen molar-refractivity contribution in [1.82, 2.24) is 10.0 Å². The highest BCUT2D eigenvalue weighted by Gasteiger charge is 2.54. The number of halogens is 6. The molecule has 0 aliphatic carbocycles. The normalized spacial score (nSPS) is 17.9. The molecule has 0 radical (unpaired) electrons. The molecular weight excluding hydrogens is 524 g/mol. The molecule has 3 amide bonds. The molecule has 9 nitrogen and oxygen atoms in total. The molecule has 3 rings (SSSR count). The van der Waals surface area contributed by atoms with Crippen molar-refractivity contribution in [3.05, 3.63) is 53.9 Å². The van der Waals surface area contributed by atoms with Crippen LogP contribution in [0, 0.1) is 6.92 Å². The number of amides is 3. The molecule has 0 spiro atoms. The van der Waals surface area contributed by atoms with E-state index in [4.69, 9.17) is 0 Å². The second-order valence-electron chi connectivity index (χ2n) is 7.57. The Morgan fingerprint density at radius 3 is 2.14 bits per heavy atom. The summed E-state index contributed by atoms with van der Waals surface area (Å²) in [5.41, 5.74) is -5.23. The summed E-state index contributed by atoms with van der Waals surface area (Å²) in [5, 5.41) is -0.0664. The average Bonchev–Trinajstić information content (AvgIpc) is 3.01. The number of rotatable bonds is 5. The predicted molar refractivity (Wildman–Crippen MR) is 108 cm³/mol. The quantitative estimate of drug-likeness (QED) is 0.421. The van der Waals surface area contributed by atoms with E-state index in [1.165, 1.54) is 25.4 Å². The number of hydroxylamine groups is 2. The zero-order valence-corrected chi connectivity index (χ0v) is 19.0. The van der Waals surface area contributed by atoms with Gasteiger partial charge in [-0.25, -0.2) is 22.9 Å². The molecule has 1 aliphatic rings. The first-order valence-electron chi connectivity index (χ1n) is 9.76. The minimum atomic E-state index is -5.75. The topological polar surface area (TPSA) is 114 Å². The number of benzene rings is 1. The van der Waals surface area contributed by atoms with Gasteiger partial charge >= 0.3 is 23.7 Å². The van der Waals surface area contributed by atoms with E-state index in [1.54, 1.807) is 6.92 Å². The number of alkyl halides is 6. The van der Waals surface area contributed by atoms with E-state index in [0.717, 1.165) is 0 Å². The largest absolute Gasteiger partial charge is 0.501 e. The molecular formula is C20H15F6N3O6S. The third-order valence-electron chi connectivity index (χ3n) is 5.26. The maximum absolute atomic E-state index is 13.2. The number of sulfone groups is 1.